The molecule has 1 aromatic heterocycles. The van der Waals surface area contributed by atoms with Gasteiger partial charge in [0, 0.05) is 12.6 Å². The van der Waals surface area contributed by atoms with E-state index in [0.29, 0.717) is 10.6 Å². The van der Waals surface area contributed by atoms with Crippen molar-refractivity contribution in [1.82, 2.24) is 14.4 Å². The van der Waals surface area contributed by atoms with Gasteiger partial charge in [-0.3, -0.25) is 0 Å². The average molecular weight is 396 g/mol. The van der Waals surface area contributed by atoms with Crippen LogP contribution in [0.3, 0.4) is 0 Å². The van der Waals surface area contributed by atoms with E-state index >= 15 is 0 Å². The zero-order valence-electron chi connectivity index (χ0n) is 14.0. The highest BCUT2D eigenvalue weighted by Crippen LogP contribution is 2.25. The molecule has 0 aliphatic heterocycles. The molecule has 0 radical (unpaired) electrons. The molecule has 0 bridgehead atoms. The lowest BCUT2D eigenvalue weighted by Crippen LogP contribution is -2.26. The molecule has 0 unspecified atom stereocenters. The third-order valence-electron chi connectivity index (χ3n) is 3.78. The van der Waals surface area contributed by atoms with Gasteiger partial charge in [0.1, 0.15) is 5.82 Å². The molecule has 0 atom stereocenters. The lowest BCUT2D eigenvalue weighted by Gasteiger charge is -2.15. The van der Waals surface area contributed by atoms with Gasteiger partial charge >= 0.3 is 0 Å². The van der Waals surface area contributed by atoms with E-state index < -0.39 is 15.8 Å². The van der Waals surface area contributed by atoms with E-state index in [1.165, 1.54) is 26.1 Å². The fourth-order valence-electron chi connectivity index (χ4n) is 2.30. The Labute approximate surface area is 155 Å². The molecular weight excluding hydrogens is 381 g/mol. The normalized spacial score (nSPS) is 11.9. The van der Waals surface area contributed by atoms with Crippen molar-refractivity contribution < 1.29 is 17.3 Å². The molecule has 2 aromatic carbocycles. The number of nitrogens with zero attached hydrogens (tertiary/aromatic N) is 3. The maximum Gasteiger partial charge on any atom is 0.243 e. The van der Waals surface area contributed by atoms with Crippen molar-refractivity contribution in [3.63, 3.8) is 0 Å². The van der Waals surface area contributed by atoms with Crippen LogP contribution in [0.2, 0.25) is 5.02 Å². The summed E-state index contributed by atoms with van der Waals surface area (Å²) in [5, 5.41) is 4.30. The Kier molecular flexibility index (Phi) is 5.08. The first-order valence-electron chi connectivity index (χ1n) is 7.59. The molecule has 0 N–H and O–H groups in total. The Balaban J connectivity index is 1.83. The number of sulfonamides is 1. The summed E-state index contributed by atoms with van der Waals surface area (Å²) in [4.78, 5) is 4.18. The second-order valence-electron chi connectivity index (χ2n) is 5.66. The number of rotatable bonds is 5. The van der Waals surface area contributed by atoms with E-state index in [4.69, 9.17) is 16.1 Å². The average Bonchev–Trinajstić information content (AvgIpc) is 3.05. The Morgan fingerprint density at radius 3 is 2.65 bits per heavy atom. The Morgan fingerprint density at radius 2 is 1.96 bits per heavy atom. The van der Waals surface area contributed by atoms with Crippen LogP contribution in [0.1, 0.15) is 11.5 Å². The van der Waals surface area contributed by atoms with Gasteiger partial charge in [0.05, 0.1) is 16.5 Å². The zero-order chi connectivity index (χ0) is 18.9. The van der Waals surface area contributed by atoms with Crippen LogP contribution in [0.25, 0.3) is 11.4 Å². The summed E-state index contributed by atoms with van der Waals surface area (Å²) in [6, 6.07) is 10.6. The lowest BCUT2D eigenvalue weighted by molar-refractivity contribution is 0.336. The van der Waals surface area contributed by atoms with Gasteiger partial charge in [0.15, 0.2) is 0 Å². The highest BCUT2D eigenvalue weighted by molar-refractivity contribution is 7.89. The molecule has 3 rings (SSSR count). The predicted octanol–water partition coefficient (Wildman–Crippen LogP) is 3.66. The lowest BCUT2D eigenvalue weighted by atomic mass is 10.2. The summed E-state index contributed by atoms with van der Waals surface area (Å²) < 4.78 is 44.8. The number of hydrogen-bond acceptors (Lipinski definition) is 5. The van der Waals surface area contributed by atoms with Gasteiger partial charge in [-0.15, -0.1) is 0 Å². The van der Waals surface area contributed by atoms with E-state index in [1.54, 1.807) is 24.3 Å². The summed E-state index contributed by atoms with van der Waals surface area (Å²) in [6.07, 6.45) is 0. The quantitative estimate of drug-likeness (QED) is 0.659. The fourth-order valence-corrected chi connectivity index (χ4v) is 3.73. The number of halogens is 2. The fraction of sp³-hybridized carbons (Fsp3) is 0.176. The Morgan fingerprint density at radius 1 is 1.23 bits per heavy atom. The molecule has 0 saturated carbocycles. The Bertz CT molecular complexity index is 1050. The van der Waals surface area contributed by atoms with Gasteiger partial charge in [0.2, 0.25) is 21.7 Å². The molecule has 0 spiro atoms. The highest BCUT2D eigenvalue weighted by atomic mass is 35.5. The van der Waals surface area contributed by atoms with Crippen LogP contribution in [0, 0.1) is 12.7 Å². The molecular formula is C17H15ClFN3O3S. The summed E-state index contributed by atoms with van der Waals surface area (Å²) >= 11 is 6.10. The second-order valence-corrected chi connectivity index (χ2v) is 8.12. The summed E-state index contributed by atoms with van der Waals surface area (Å²) in [7, 11) is -2.44. The maximum atomic E-state index is 13.4. The molecule has 0 fully saturated rings. The van der Waals surface area contributed by atoms with Gasteiger partial charge < -0.3 is 4.52 Å². The van der Waals surface area contributed by atoms with Gasteiger partial charge in [-0.05, 0) is 42.8 Å². The van der Waals surface area contributed by atoms with Crippen molar-refractivity contribution in [2.24, 2.45) is 0 Å². The first kappa shape index (κ1) is 18.5. The molecule has 0 aliphatic carbocycles. The van der Waals surface area contributed by atoms with Crippen LogP contribution in [-0.4, -0.2) is 29.9 Å². The molecule has 26 heavy (non-hydrogen) atoms. The van der Waals surface area contributed by atoms with Crippen LogP contribution in [0.4, 0.5) is 4.39 Å². The van der Waals surface area contributed by atoms with E-state index in [1.807, 2.05) is 0 Å². The minimum absolute atomic E-state index is 0.00950. The largest absolute Gasteiger partial charge is 0.338 e. The highest BCUT2D eigenvalue weighted by Gasteiger charge is 2.24. The third kappa shape index (κ3) is 3.62. The van der Waals surface area contributed by atoms with Gasteiger partial charge in [-0.2, -0.15) is 9.29 Å². The first-order valence-corrected chi connectivity index (χ1v) is 9.41. The van der Waals surface area contributed by atoms with Crippen LogP contribution >= 0.6 is 11.6 Å². The molecule has 0 amide bonds. The topological polar surface area (TPSA) is 76.3 Å². The van der Waals surface area contributed by atoms with Gasteiger partial charge in [-0.1, -0.05) is 28.9 Å². The SMILES string of the molecule is Cc1cc(S(=O)(=O)N(C)Cc2nc(-c3ccccc3Cl)no2)ccc1F. The molecule has 0 saturated heterocycles. The molecule has 1 heterocycles. The minimum atomic E-state index is -3.83. The summed E-state index contributed by atoms with van der Waals surface area (Å²) in [5.74, 6) is -0.0771. The smallest absolute Gasteiger partial charge is 0.243 e. The Hall–Kier alpha value is -2.29. The monoisotopic (exact) mass is 395 g/mol. The number of aromatic nitrogens is 2. The number of benzene rings is 2. The second kappa shape index (κ2) is 7.14. The van der Waals surface area contributed by atoms with Crippen LogP contribution < -0.4 is 0 Å². The first-order chi connectivity index (χ1) is 12.3. The van der Waals surface area contributed by atoms with Crippen molar-refractivity contribution in [2.45, 2.75) is 18.4 Å². The van der Waals surface area contributed by atoms with E-state index in [9.17, 15) is 12.8 Å². The standard InChI is InChI=1S/C17H15ClFN3O3S/c1-11-9-12(7-8-15(11)19)26(23,24)22(2)10-16-20-17(21-25-16)13-5-3-4-6-14(13)18/h3-9H,10H2,1-2H3. The molecule has 0 aliphatic rings. The molecule has 136 valence electrons. The summed E-state index contributed by atoms with van der Waals surface area (Å²) in [5.41, 5.74) is 0.835. The van der Waals surface area contributed by atoms with Crippen molar-refractivity contribution in [2.75, 3.05) is 7.05 Å². The van der Waals surface area contributed by atoms with Gasteiger partial charge in [0.25, 0.3) is 0 Å². The van der Waals surface area contributed by atoms with Crippen LogP contribution in [0.5, 0.6) is 0 Å². The number of hydrogen-bond donors (Lipinski definition) is 0. The van der Waals surface area contributed by atoms with E-state index in [-0.39, 0.29) is 28.7 Å². The summed E-state index contributed by atoms with van der Waals surface area (Å²) in [6.45, 7) is 1.37. The number of aryl methyl sites for hydroxylation is 1. The van der Waals surface area contributed by atoms with Crippen LogP contribution in [-0.2, 0) is 16.6 Å². The zero-order valence-corrected chi connectivity index (χ0v) is 15.6. The van der Waals surface area contributed by atoms with Crippen molar-refractivity contribution >= 4 is 21.6 Å². The van der Waals surface area contributed by atoms with E-state index in [2.05, 4.69) is 10.1 Å². The van der Waals surface area contributed by atoms with Gasteiger partial charge in [-0.25, -0.2) is 12.8 Å². The van der Waals surface area contributed by atoms with Crippen LogP contribution in [0.15, 0.2) is 51.9 Å². The van der Waals surface area contributed by atoms with Crippen molar-refractivity contribution in [3.05, 3.63) is 64.8 Å². The molecule has 6 nitrogen and oxygen atoms in total. The molecule has 9 heteroatoms. The third-order valence-corrected chi connectivity index (χ3v) is 5.91. The van der Waals surface area contributed by atoms with Crippen molar-refractivity contribution in [3.8, 4) is 11.4 Å². The van der Waals surface area contributed by atoms with E-state index in [0.717, 1.165) is 10.4 Å². The maximum absolute atomic E-state index is 13.4. The minimum Gasteiger partial charge on any atom is -0.338 e. The van der Waals surface area contributed by atoms with Crippen molar-refractivity contribution in [1.29, 1.82) is 0 Å². The predicted molar refractivity (Wildman–Crippen MR) is 94.5 cm³/mol. The molecule has 3 aromatic rings.